The van der Waals surface area contributed by atoms with Crippen LogP contribution in [0.5, 0.6) is 5.75 Å². The van der Waals surface area contributed by atoms with Crippen LogP contribution in [-0.4, -0.2) is 33.8 Å². The predicted octanol–water partition coefficient (Wildman–Crippen LogP) is 5.80. The second-order valence-corrected chi connectivity index (χ2v) is 12.9. The molecule has 210 valence electrons. The normalized spacial score (nSPS) is 33.2. The molecule has 5 rings (SSSR count). The van der Waals surface area contributed by atoms with Gasteiger partial charge in [0.2, 0.25) is 5.91 Å². The number of aliphatic hydroxyl groups excluding tert-OH is 1. The second kappa shape index (κ2) is 9.00. The Labute approximate surface area is 236 Å². The van der Waals surface area contributed by atoms with Crippen molar-refractivity contribution in [1.29, 1.82) is 0 Å². The third-order valence-electron chi connectivity index (χ3n) is 10.9. The van der Waals surface area contributed by atoms with Crippen LogP contribution in [0.1, 0.15) is 80.7 Å². The Bertz CT molecular complexity index is 1530. The number of carbonyl (C=O) groups is 3. The maximum Gasteiger partial charge on any atom is 0.248 e. The highest BCUT2D eigenvalue weighted by Crippen LogP contribution is 2.70. The fourth-order valence-electron chi connectivity index (χ4n) is 8.90. The lowest BCUT2D eigenvalue weighted by Crippen LogP contribution is -2.67. The number of phenols is 1. The Kier molecular flexibility index (Phi) is 6.31. The molecule has 2 aromatic rings. The maximum absolute atomic E-state index is 14.4. The first-order valence-corrected chi connectivity index (χ1v) is 14.0. The van der Waals surface area contributed by atoms with Crippen LogP contribution in [0.3, 0.4) is 0 Å². The van der Waals surface area contributed by atoms with Crippen molar-refractivity contribution >= 4 is 17.5 Å². The minimum atomic E-state index is -1.15. The summed E-state index contributed by atoms with van der Waals surface area (Å²) in [7, 11) is 0. The molecule has 3 aliphatic rings. The molecule has 6 nitrogen and oxygen atoms in total. The number of hydrogen-bond acceptors (Lipinski definition) is 5. The van der Waals surface area contributed by atoms with Crippen LogP contribution in [0.25, 0.3) is 11.1 Å². The molecule has 4 N–H and O–H groups in total. The van der Waals surface area contributed by atoms with E-state index in [-0.39, 0.29) is 28.8 Å². The molecule has 2 aromatic carbocycles. The predicted molar refractivity (Wildman–Crippen MR) is 155 cm³/mol. The van der Waals surface area contributed by atoms with Crippen molar-refractivity contribution < 1.29 is 24.6 Å². The van der Waals surface area contributed by atoms with Crippen LogP contribution >= 0.6 is 0 Å². The van der Waals surface area contributed by atoms with Crippen molar-refractivity contribution in [2.24, 2.45) is 33.8 Å². The summed E-state index contributed by atoms with van der Waals surface area (Å²) < 4.78 is 0. The van der Waals surface area contributed by atoms with Gasteiger partial charge >= 0.3 is 0 Å². The summed E-state index contributed by atoms with van der Waals surface area (Å²) in [4.78, 5) is 39.1. The number of amides is 1. The highest BCUT2D eigenvalue weighted by molar-refractivity contribution is 6.06. The lowest BCUT2D eigenvalue weighted by Gasteiger charge is -2.67. The van der Waals surface area contributed by atoms with Gasteiger partial charge in [-0.1, -0.05) is 64.1 Å². The van der Waals surface area contributed by atoms with Crippen molar-refractivity contribution in [2.75, 3.05) is 0 Å². The fourth-order valence-corrected chi connectivity index (χ4v) is 8.90. The molecule has 40 heavy (non-hydrogen) atoms. The number of aromatic hydroxyl groups is 1. The first kappa shape index (κ1) is 28.0. The van der Waals surface area contributed by atoms with Gasteiger partial charge in [0.1, 0.15) is 5.75 Å². The first-order chi connectivity index (χ1) is 18.6. The molecule has 0 aliphatic heterocycles. The van der Waals surface area contributed by atoms with E-state index in [2.05, 4.69) is 27.4 Å². The van der Waals surface area contributed by atoms with Gasteiger partial charge in [-0.3, -0.25) is 14.4 Å². The van der Waals surface area contributed by atoms with E-state index in [4.69, 9.17) is 5.73 Å². The average Bonchev–Trinajstić information content (AvgIpc) is 2.86. The zero-order valence-electron chi connectivity index (χ0n) is 24.2. The van der Waals surface area contributed by atoms with E-state index in [1.54, 1.807) is 12.1 Å². The van der Waals surface area contributed by atoms with Crippen LogP contribution in [0, 0.1) is 28.1 Å². The van der Waals surface area contributed by atoms with Gasteiger partial charge in [-0.15, -0.1) is 0 Å². The monoisotopic (exact) mass is 541 g/mol. The summed E-state index contributed by atoms with van der Waals surface area (Å²) in [6.07, 6.45) is 0.658. The molecule has 0 radical (unpaired) electrons. The molecule has 0 aromatic heterocycles. The van der Waals surface area contributed by atoms with Gasteiger partial charge < -0.3 is 15.9 Å². The molecule has 2 unspecified atom stereocenters. The lowest BCUT2D eigenvalue weighted by molar-refractivity contribution is -0.167. The van der Waals surface area contributed by atoms with E-state index < -0.39 is 34.2 Å². The van der Waals surface area contributed by atoms with Gasteiger partial charge in [0.05, 0.1) is 17.6 Å². The highest BCUT2D eigenvalue weighted by atomic mass is 16.3. The number of ketones is 2. The van der Waals surface area contributed by atoms with Crippen molar-refractivity contribution in [1.82, 2.24) is 0 Å². The minimum absolute atomic E-state index is 0.0506. The quantitative estimate of drug-likeness (QED) is 0.423. The van der Waals surface area contributed by atoms with Crippen LogP contribution in [0.15, 0.2) is 59.7 Å². The third-order valence-corrected chi connectivity index (χ3v) is 10.9. The number of hydrogen-bond donors (Lipinski definition) is 3. The largest absolute Gasteiger partial charge is 0.507 e. The molecule has 1 fully saturated rings. The number of primary amides is 1. The molecule has 0 saturated heterocycles. The van der Waals surface area contributed by atoms with Crippen molar-refractivity contribution in [3.8, 4) is 16.9 Å². The summed E-state index contributed by atoms with van der Waals surface area (Å²) in [5, 5.41) is 23.2. The number of rotatable bonds is 4. The van der Waals surface area contributed by atoms with E-state index in [0.29, 0.717) is 29.6 Å². The maximum atomic E-state index is 14.4. The number of Topliss-reactive ketones (excluding diaryl/α,β-unsaturated/α-hetero) is 2. The molecule has 6 atom stereocenters. The summed E-state index contributed by atoms with van der Waals surface area (Å²) in [5.41, 5.74) is 8.55. The summed E-state index contributed by atoms with van der Waals surface area (Å²) in [6.45, 7) is 16.0. The number of allylic oxidation sites excluding steroid dienone is 1. The first-order valence-electron chi connectivity index (χ1n) is 14.0. The smallest absolute Gasteiger partial charge is 0.248 e. The van der Waals surface area contributed by atoms with E-state index in [1.165, 1.54) is 13.0 Å². The molecule has 0 bridgehead atoms. The molecule has 0 spiro atoms. The fraction of sp³-hybridized carbons (Fsp3) is 0.441. The van der Waals surface area contributed by atoms with Gasteiger partial charge in [-0.05, 0) is 84.3 Å². The van der Waals surface area contributed by atoms with E-state index in [1.807, 2.05) is 32.0 Å². The molecule has 1 saturated carbocycles. The third kappa shape index (κ3) is 3.48. The Balaban J connectivity index is 1.73. The molecular formula is C34H39NO5. The van der Waals surface area contributed by atoms with Gasteiger partial charge in [-0.2, -0.15) is 0 Å². The Morgan fingerprint density at radius 2 is 1.82 bits per heavy atom. The van der Waals surface area contributed by atoms with Gasteiger partial charge in [-0.25, -0.2) is 0 Å². The number of phenolic OH excluding ortho intramolecular Hbond substituents is 1. The summed E-state index contributed by atoms with van der Waals surface area (Å²) in [5.74, 6) is -1.92. The van der Waals surface area contributed by atoms with Gasteiger partial charge in [0.15, 0.2) is 11.6 Å². The molecule has 6 heteroatoms. The average molecular weight is 542 g/mol. The summed E-state index contributed by atoms with van der Waals surface area (Å²) >= 11 is 0. The van der Waals surface area contributed by atoms with E-state index in [0.717, 1.165) is 28.7 Å². The number of fused-ring (bicyclic) bond motifs is 3. The molecular weight excluding hydrogens is 502 g/mol. The number of nitrogens with two attached hydrogens (primary N) is 1. The van der Waals surface area contributed by atoms with Crippen molar-refractivity contribution in [3.05, 3.63) is 76.4 Å². The topological polar surface area (TPSA) is 118 Å². The highest BCUT2D eigenvalue weighted by Gasteiger charge is 2.69. The van der Waals surface area contributed by atoms with Crippen LogP contribution in [-0.2, 0) is 11.2 Å². The summed E-state index contributed by atoms with van der Waals surface area (Å²) in [6, 6.07) is 10.6. The Morgan fingerprint density at radius 1 is 1.15 bits per heavy atom. The van der Waals surface area contributed by atoms with Crippen LogP contribution in [0.2, 0.25) is 0 Å². The van der Waals surface area contributed by atoms with Crippen molar-refractivity contribution in [3.63, 3.8) is 0 Å². The van der Waals surface area contributed by atoms with E-state index >= 15 is 0 Å². The Hall–Kier alpha value is -3.51. The number of benzene rings is 2. The molecule has 3 aliphatic carbocycles. The van der Waals surface area contributed by atoms with Gasteiger partial charge in [0, 0.05) is 16.6 Å². The lowest BCUT2D eigenvalue weighted by atomic mass is 9.37. The molecule has 1 amide bonds. The van der Waals surface area contributed by atoms with E-state index in [9.17, 15) is 24.6 Å². The molecule has 0 heterocycles. The number of aliphatic hydroxyl groups is 1. The zero-order chi connectivity index (χ0) is 29.5. The van der Waals surface area contributed by atoms with Crippen LogP contribution in [0.4, 0.5) is 0 Å². The second-order valence-electron chi connectivity index (χ2n) is 12.9. The Morgan fingerprint density at radius 3 is 2.42 bits per heavy atom. The van der Waals surface area contributed by atoms with Crippen LogP contribution < -0.4 is 5.73 Å². The minimum Gasteiger partial charge on any atom is -0.507 e. The van der Waals surface area contributed by atoms with Gasteiger partial charge in [0.25, 0.3) is 0 Å². The zero-order valence-corrected chi connectivity index (χ0v) is 24.2. The number of carbonyl (C=O) groups excluding carboxylic acids is 3. The standard InChI is InChI=1S/C34H39NO5/c1-8-24-17(2)26(31(35)40)18(3)34(7)30(39)28-29(38)27-23(15-32(28,5)16-33(24,34)6)22(12-13-25(27)37)21-11-9-10-20(14-21)19(4)36/h9-14,24,28,30,37,39H,3,8,15-16H2,1-2,4-7H3,(H2,35,40)/t24-,28?,30?,32+,33+,34+/m1/s1. The van der Waals surface area contributed by atoms with Crippen molar-refractivity contribution in [2.45, 2.75) is 66.9 Å². The SMILES string of the molecule is C=C1C(C(N)=O)=C(C)[C@@H](CC)[C@]2(C)C[C@]3(C)Cc4c(-c5cccc(C(C)=O)c5)ccc(O)c4C(=O)C3C(O)[C@]12C.